The van der Waals surface area contributed by atoms with Crippen molar-refractivity contribution in [3.05, 3.63) is 64.7 Å². The first-order valence-corrected chi connectivity index (χ1v) is 11.0. The second kappa shape index (κ2) is 9.15. The fourth-order valence-corrected chi connectivity index (χ4v) is 3.47. The molecule has 1 N–H and O–H groups in total. The molecule has 2 aromatic carbocycles. The molecule has 0 heterocycles. The van der Waals surface area contributed by atoms with Crippen LogP contribution in [0.15, 0.2) is 47.4 Å². The SMILES string of the molecule is CCN(CC)Cc1ccc(CNC(=O)c2cc(S(C)(=O)=O)ccc2C)cc1. The van der Waals surface area contributed by atoms with E-state index in [2.05, 4.69) is 36.2 Å². The van der Waals surface area contributed by atoms with Gasteiger partial charge in [0.05, 0.1) is 4.90 Å². The number of benzene rings is 2. The van der Waals surface area contributed by atoms with Crippen molar-refractivity contribution < 1.29 is 13.2 Å². The number of amides is 1. The first-order valence-electron chi connectivity index (χ1n) is 9.13. The van der Waals surface area contributed by atoms with Crippen LogP contribution in [0.3, 0.4) is 0 Å². The molecule has 0 saturated carbocycles. The summed E-state index contributed by atoms with van der Waals surface area (Å²) >= 11 is 0. The lowest BCUT2D eigenvalue weighted by Gasteiger charge is -2.18. The molecule has 0 spiro atoms. The van der Waals surface area contributed by atoms with Gasteiger partial charge in [-0.25, -0.2) is 8.42 Å². The zero-order valence-corrected chi connectivity index (χ0v) is 17.3. The summed E-state index contributed by atoms with van der Waals surface area (Å²) in [6, 6.07) is 12.8. The molecule has 0 aliphatic rings. The third kappa shape index (κ3) is 5.91. The number of carbonyl (C=O) groups excluding carboxylic acids is 1. The van der Waals surface area contributed by atoms with E-state index in [-0.39, 0.29) is 10.8 Å². The molecule has 0 atom stereocenters. The highest BCUT2D eigenvalue weighted by Crippen LogP contribution is 2.16. The Morgan fingerprint density at radius 2 is 1.59 bits per heavy atom. The highest BCUT2D eigenvalue weighted by molar-refractivity contribution is 7.90. The second-order valence-corrected chi connectivity index (χ2v) is 8.73. The Balaban J connectivity index is 2.03. The summed E-state index contributed by atoms with van der Waals surface area (Å²) in [6.07, 6.45) is 1.14. The molecule has 27 heavy (non-hydrogen) atoms. The van der Waals surface area contributed by atoms with Crippen LogP contribution in [0.1, 0.15) is 40.9 Å². The molecule has 0 aliphatic carbocycles. The van der Waals surface area contributed by atoms with Crippen molar-refractivity contribution in [2.24, 2.45) is 0 Å². The zero-order valence-electron chi connectivity index (χ0n) is 16.5. The largest absolute Gasteiger partial charge is 0.348 e. The average molecular weight is 389 g/mol. The fraction of sp³-hybridized carbons (Fsp3) is 0.381. The van der Waals surface area contributed by atoms with E-state index in [1.165, 1.54) is 17.7 Å². The van der Waals surface area contributed by atoms with Crippen LogP contribution in [0.2, 0.25) is 0 Å². The molecule has 0 aromatic heterocycles. The van der Waals surface area contributed by atoms with E-state index in [1.54, 1.807) is 13.0 Å². The van der Waals surface area contributed by atoms with Gasteiger partial charge in [0, 0.05) is 24.9 Å². The minimum Gasteiger partial charge on any atom is -0.348 e. The molecule has 2 aromatic rings. The molecule has 6 heteroatoms. The number of carbonyl (C=O) groups is 1. The number of sulfone groups is 1. The van der Waals surface area contributed by atoms with Crippen LogP contribution in [-0.4, -0.2) is 38.6 Å². The quantitative estimate of drug-likeness (QED) is 0.754. The number of hydrogen-bond acceptors (Lipinski definition) is 4. The second-order valence-electron chi connectivity index (χ2n) is 6.71. The maximum Gasteiger partial charge on any atom is 0.251 e. The molecule has 146 valence electrons. The molecule has 0 fully saturated rings. The lowest BCUT2D eigenvalue weighted by atomic mass is 10.1. The van der Waals surface area contributed by atoms with Gasteiger partial charge in [-0.3, -0.25) is 9.69 Å². The molecular formula is C21H28N2O3S. The Morgan fingerprint density at radius 1 is 1.00 bits per heavy atom. The van der Waals surface area contributed by atoms with E-state index < -0.39 is 9.84 Å². The lowest BCUT2D eigenvalue weighted by molar-refractivity contribution is 0.0950. The summed E-state index contributed by atoms with van der Waals surface area (Å²) in [6.45, 7) is 9.43. The molecule has 0 aliphatic heterocycles. The third-order valence-electron chi connectivity index (χ3n) is 4.66. The fourth-order valence-electron chi connectivity index (χ4n) is 2.82. The van der Waals surface area contributed by atoms with Crippen LogP contribution in [-0.2, 0) is 22.9 Å². The van der Waals surface area contributed by atoms with Crippen LogP contribution in [0, 0.1) is 6.92 Å². The molecule has 5 nitrogen and oxygen atoms in total. The van der Waals surface area contributed by atoms with Crippen molar-refractivity contribution in [3.8, 4) is 0 Å². The summed E-state index contributed by atoms with van der Waals surface area (Å²) in [7, 11) is -3.35. The van der Waals surface area contributed by atoms with Gasteiger partial charge in [0.25, 0.3) is 5.91 Å². The lowest BCUT2D eigenvalue weighted by Crippen LogP contribution is -2.24. The van der Waals surface area contributed by atoms with Crippen molar-refractivity contribution in [2.45, 2.75) is 38.8 Å². The van der Waals surface area contributed by atoms with Crippen LogP contribution in [0.25, 0.3) is 0 Å². The minimum absolute atomic E-state index is 0.152. The summed E-state index contributed by atoms with van der Waals surface area (Å²) in [4.78, 5) is 15.0. The molecule has 2 rings (SSSR count). The van der Waals surface area contributed by atoms with Crippen molar-refractivity contribution in [1.82, 2.24) is 10.2 Å². The molecule has 0 bridgehead atoms. The van der Waals surface area contributed by atoms with Gasteiger partial charge in [-0.15, -0.1) is 0 Å². The third-order valence-corrected chi connectivity index (χ3v) is 5.77. The normalized spacial score (nSPS) is 11.6. The van der Waals surface area contributed by atoms with E-state index in [0.29, 0.717) is 12.1 Å². The average Bonchev–Trinajstić information content (AvgIpc) is 2.64. The van der Waals surface area contributed by atoms with Crippen LogP contribution in [0.4, 0.5) is 0 Å². The molecule has 0 saturated heterocycles. The maximum atomic E-state index is 12.5. The first kappa shape index (κ1) is 21.1. The van der Waals surface area contributed by atoms with Gasteiger partial charge in [0.15, 0.2) is 9.84 Å². The van der Waals surface area contributed by atoms with Crippen LogP contribution in [0.5, 0.6) is 0 Å². The Bertz CT molecular complexity index is 886. The monoisotopic (exact) mass is 388 g/mol. The Hall–Kier alpha value is -2.18. The van der Waals surface area contributed by atoms with Gasteiger partial charge >= 0.3 is 0 Å². The van der Waals surface area contributed by atoms with Gasteiger partial charge in [-0.1, -0.05) is 44.2 Å². The Kier molecular flexibility index (Phi) is 7.16. The van der Waals surface area contributed by atoms with Crippen molar-refractivity contribution in [2.75, 3.05) is 19.3 Å². The van der Waals surface area contributed by atoms with Gasteiger partial charge < -0.3 is 5.32 Å². The maximum absolute atomic E-state index is 12.5. The minimum atomic E-state index is -3.35. The highest BCUT2D eigenvalue weighted by atomic mass is 32.2. The van der Waals surface area contributed by atoms with Crippen molar-refractivity contribution >= 4 is 15.7 Å². The number of aryl methyl sites for hydroxylation is 1. The Morgan fingerprint density at radius 3 is 2.15 bits per heavy atom. The van der Waals surface area contributed by atoms with E-state index in [1.807, 2.05) is 12.1 Å². The summed E-state index contributed by atoms with van der Waals surface area (Å²) in [5, 5.41) is 2.87. The number of nitrogens with one attached hydrogen (secondary N) is 1. The van der Waals surface area contributed by atoms with E-state index >= 15 is 0 Å². The van der Waals surface area contributed by atoms with E-state index in [4.69, 9.17) is 0 Å². The van der Waals surface area contributed by atoms with E-state index in [9.17, 15) is 13.2 Å². The summed E-state index contributed by atoms with van der Waals surface area (Å²) in [5.74, 6) is -0.273. The molecular weight excluding hydrogens is 360 g/mol. The molecule has 0 radical (unpaired) electrons. The van der Waals surface area contributed by atoms with Gasteiger partial charge in [-0.05, 0) is 48.8 Å². The van der Waals surface area contributed by atoms with E-state index in [0.717, 1.165) is 37.0 Å². The van der Waals surface area contributed by atoms with Gasteiger partial charge in [-0.2, -0.15) is 0 Å². The number of hydrogen-bond donors (Lipinski definition) is 1. The predicted octanol–water partition coefficient (Wildman–Crippen LogP) is 3.17. The standard InChI is InChI=1S/C21H28N2O3S/c1-5-23(6-2)15-18-10-8-17(9-11-18)14-22-21(24)20-13-19(27(4,25)26)12-7-16(20)3/h7-13H,5-6,14-15H2,1-4H3,(H,22,24). The van der Waals surface area contributed by atoms with Gasteiger partial charge in [0.1, 0.15) is 0 Å². The van der Waals surface area contributed by atoms with Crippen molar-refractivity contribution in [3.63, 3.8) is 0 Å². The predicted molar refractivity (Wildman–Crippen MR) is 109 cm³/mol. The smallest absolute Gasteiger partial charge is 0.251 e. The first-order chi connectivity index (χ1) is 12.7. The molecule has 1 amide bonds. The number of rotatable bonds is 8. The Labute approximate surface area is 162 Å². The van der Waals surface area contributed by atoms with Crippen LogP contribution < -0.4 is 5.32 Å². The van der Waals surface area contributed by atoms with Gasteiger partial charge in [0.2, 0.25) is 0 Å². The highest BCUT2D eigenvalue weighted by Gasteiger charge is 2.14. The topological polar surface area (TPSA) is 66.5 Å². The number of nitrogens with zero attached hydrogens (tertiary/aromatic N) is 1. The summed E-state index contributed by atoms with van der Waals surface area (Å²) in [5.41, 5.74) is 3.37. The van der Waals surface area contributed by atoms with Crippen molar-refractivity contribution in [1.29, 1.82) is 0 Å². The summed E-state index contributed by atoms with van der Waals surface area (Å²) < 4.78 is 23.4. The zero-order chi connectivity index (χ0) is 20.0. The molecule has 0 unspecified atom stereocenters. The van der Waals surface area contributed by atoms with Crippen LogP contribution >= 0.6 is 0 Å².